The quantitative estimate of drug-likeness (QED) is 0.752. The lowest BCUT2D eigenvalue weighted by Gasteiger charge is -2.33. The molecule has 3 N–H and O–H groups in total. The van der Waals surface area contributed by atoms with Crippen LogP contribution in [0.1, 0.15) is 24.0 Å². The maximum atomic E-state index is 12.3. The molecule has 1 amide bonds. The lowest BCUT2D eigenvalue weighted by molar-refractivity contribution is -0.126. The SMILES string of the molecule is O=C(NCC1(O)CCOCC1)[C@@H]1Cc2ccccc2CN1. The summed E-state index contributed by atoms with van der Waals surface area (Å²) in [4.78, 5) is 12.3. The molecular weight excluding hydrogens is 268 g/mol. The van der Waals surface area contributed by atoms with Crippen LogP contribution in [0.4, 0.5) is 0 Å². The van der Waals surface area contributed by atoms with Gasteiger partial charge >= 0.3 is 0 Å². The van der Waals surface area contributed by atoms with E-state index in [9.17, 15) is 9.90 Å². The van der Waals surface area contributed by atoms with Crippen LogP contribution in [0.5, 0.6) is 0 Å². The molecule has 0 spiro atoms. The minimum absolute atomic E-state index is 0.0376. The van der Waals surface area contributed by atoms with Crippen molar-refractivity contribution >= 4 is 5.91 Å². The molecule has 21 heavy (non-hydrogen) atoms. The van der Waals surface area contributed by atoms with Crippen molar-refractivity contribution in [3.8, 4) is 0 Å². The highest BCUT2D eigenvalue weighted by Crippen LogP contribution is 2.20. The zero-order valence-corrected chi connectivity index (χ0v) is 12.1. The first-order valence-corrected chi connectivity index (χ1v) is 7.54. The van der Waals surface area contributed by atoms with Gasteiger partial charge in [0.25, 0.3) is 0 Å². The van der Waals surface area contributed by atoms with Crippen LogP contribution in [0.3, 0.4) is 0 Å². The Bertz CT molecular complexity index is 512. The molecule has 0 bridgehead atoms. The number of ether oxygens (including phenoxy) is 1. The average Bonchev–Trinajstić information content (AvgIpc) is 2.53. The summed E-state index contributed by atoms with van der Waals surface area (Å²) in [5.74, 6) is -0.0376. The van der Waals surface area contributed by atoms with E-state index in [1.807, 2.05) is 12.1 Å². The molecule has 114 valence electrons. The van der Waals surface area contributed by atoms with Crippen LogP contribution in [-0.4, -0.2) is 42.4 Å². The Kier molecular flexibility index (Phi) is 4.24. The lowest BCUT2D eigenvalue weighted by atomic mass is 9.93. The third kappa shape index (κ3) is 3.43. The van der Waals surface area contributed by atoms with E-state index in [0.717, 1.165) is 0 Å². The number of carbonyl (C=O) groups excluding carboxylic acids is 1. The number of hydrogen-bond acceptors (Lipinski definition) is 4. The van der Waals surface area contributed by atoms with Gasteiger partial charge < -0.3 is 20.5 Å². The number of amides is 1. The van der Waals surface area contributed by atoms with E-state index in [1.165, 1.54) is 11.1 Å². The van der Waals surface area contributed by atoms with E-state index in [4.69, 9.17) is 4.74 Å². The molecule has 1 fully saturated rings. The summed E-state index contributed by atoms with van der Waals surface area (Å²) in [6.07, 6.45) is 1.85. The summed E-state index contributed by atoms with van der Waals surface area (Å²) in [5, 5.41) is 16.5. The highest BCUT2D eigenvalue weighted by Gasteiger charge is 2.31. The van der Waals surface area contributed by atoms with Crippen LogP contribution in [-0.2, 0) is 22.5 Å². The van der Waals surface area contributed by atoms with Gasteiger partial charge in [-0.1, -0.05) is 24.3 Å². The molecule has 1 saturated heterocycles. The van der Waals surface area contributed by atoms with Crippen LogP contribution < -0.4 is 10.6 Å². The standard InChI is InChI=1S/C16H22N2O3/c19-15(18-11-16(20)5-7-21-8-6-16)14-9-12-3-1-2-4-13(12)10-17-14/h1-4,14,17,20H,5-11H2,(H,18,19)/t14-/m0/s1. The van der Waals surface area contributed by atoms with Crippen LogP contribution >= 0.6 is 0 Å². The molecule has 1 atom stereocenters. The van der Waals surface area contributed by atoms with Gasteiger partial charge in [0, 0.05) is 39.1 Å². The maximum absolute atomic E-state index is 12.3. The van der Waals surface area contributed by atoms with Gasteiger partial charge in [-0.25, -0.2) is 0 Å². The molecule has 1 aromatic carbocycles. The van der Waals surface area contributed by atoms with E-state index < -0.39 is 5.60 Å². The molecule has 0 radical (unpaired) electrons. The van der Waals surface area contributed by atoms with Gasteiger partial charge in [0.15, 0.2) is 0 Å². The second-order valence-corrected chi connectivity index (χ2v) is 5.96. The number of fused-ring (bicyclic) bond motifs is 1. The fraction of sp³-hybridized carbons (Fsp3) is 0.562. The third-order valence-electron chi connectivity index (χ3n) is 4.41. The molecule has 0 aliphatic carbocycles. The Hall–Kier alpha value is -1.43. The number of rotatable bonds is 3. The summed E-state index contributed by atoms with van der Waals surface area (Å²) in [5.41, 5.74) is 1.66. The first-order chi connectivity index (χ1) is 10.2. The van der Waals surface area contributed by atoms with Gasteiger partial charge in [-0.3, -0.25) is 4.79 Å². The Morgan fingerprint density at radius 1 is 1.33 bits per heavy atom. The topological polar surface area (TPSA) is 70.6 Å². The molecule has 2 aliphatic heterocycles. The summed E-state index contributed by atoms with van der Waals surface area (Å²) in [6.45, 7) is 2.13. The molecule has 3 rings (SSSR count). The van der Waals surface area contributed by atoms with Crippen molar-refractivity contribution in [1.82, 2.24) is 10.6 Å². The number of aliphatic hydroxyl groups is 1. The molecule has 0 aromatic heterocycles. The summed E-state index contributed by atoms with van der Waals surface area (Å²) in [6, 6.07) is 7.96. The van der Waals surface area contributed by atoms with Crippen molar-refractivity contribution in [2.45, 2.75) is 37.5 Å². The van der Waals surface area contributed by atoms with Crippen LogP contribution in [0, 0.1) is 0 Å². The number of carbonyl (C=O) groups is 1. The summed E-state index contributed by atoms with van der Waals surface area (Å²) < 4.78 is 5.24. The van der Waals surface area contributed by atoms with E-state index in [2.05, 4.69) is 22.8 Å². The fourth-order valence-electron chi connectivity index (χ4n) is 2.94. The maximum Gasteiger partial charge on any atom is 0.237 e. The van der Waals surface area contributed by atoms with Crippen molar-refractivity contribution in [2.24, 2.45) is 0 Å². The predicted molar refractivity (Wildman–Crippen MR) is 78.8 cm³/mol. The van der Waals surface area contributed by atoms with Crippen molar-refractivity contribution in [1.29, 1.82) is 0 Å². The minimum atomic E-state index is -0.819. The van der Waals surface area contributed by atoms with Crippen molar-refractivity contribution in [2.75, 3.05) is 19.8 Å². The monoisotopic (exact) mass is 290 g/mol. The summed E-state index contributed by atoms with van der Waals surface area (Å²) >= 11 is 0. The zero-order valence-electron chi connectivity index (χ0n) is 12.1. The second kappa shape index (κ2) is 6.13. The van der Waals surface area contributed by atoms with Gasteiger partial charge in [-0.2, -0.15) is 0 Å². The highest BCUT2D eigenvalue weighted by molar-refractivity contribution is 5.82. The molecule has 0 saturated carbocycles. The minimum Gasteiger partial charge on any atom is -0.388 e. The van der Waals surface area contributed by atoms with E-state index in [1.54, 1.807) is 0 Å². The van der Waals surface area contributed by atoms with Gasteiger partial charge in [0.1, 0.15) is 0 Å². The van der Waals surface area contributed by atoms with Crippen molar-refractivity contribution in [3.05, 3.63) is 35.4 Å². The largest absolute Gasteiger partial charge is 0.388 e. The van der Waals surface area contributed by atoms with E-state index in [0.29, 0.717) is 45.6 Å². The van der Waals surface area contributed by atoms with Gasteiger partial charge in [0.05, 0.1) is 11.6 Å². The highest BCUT2D eigenvalue weighted by atomic mass is 16.5. The van der Waals surface area contributed by atoms with Gasteiger partial charge in [-0.05, 0) is 17.5 Å². The van der Waals surface area contributed by atoms with Gasteiger partial charge in [-0.15, -0.1) is 0 Å². The normalized spacial score (nSPS) is 24.1. The Morgan fingerprint density at radius 2 is 2.05 bits per heavy atom. The first-order valence-electron chi connectivity index (χ1n) is 7.54. The molecule has 5 heteroatoms. The van der Waals surface area contributed by atoms with Crippen LogP contribution in [0.2, 0.25) is 0 Å². The smallest absolute Gasteiger partial charge is 0.237 e. The van der Waals surface area contributed by atoms with Crippen LogP contribution in [0.15, 0.2) is 24.3 Å². The Balaban J connectivity index is 1.55. The number of benzene rings is 1. The first kappa shape index (κ1) is 14.5. The third-order valence-corrected chi connectivity index (χ3v) is 4.41. The molecule has 0 unspecified atom stereocenters. The summed E-state index contributed by atoms with van der Waals surface area (Å²) in [7, 11) is 0. The van der Waals surface area contributed by atoms with E-state index in [-0.39, 0.29) is 11.9 Å². The number of hydrogen-bond donors (Lipinski definition) is 3. The fourth-order valence-corrected chi connectivity index (χ4v) is 2.94. The average molecular weight is 290 g/mol. The van der Waals surface area contributed by atoms with Crippen molar-refractivity contribution in [3.63, 3.8) is 0 Å². The molecule has 1 aromatic rings. The Labute approximate surface area is 124 Å². The predicted octanol–water partition coefficient (Wildman–Crippen LogP) is 0.359. The zero-order chi connectivity index (χ0) is 14.7. The number of nitrogens with one attached hydrogen (secondary N) is 2. The van der Waals surface area contributed by atoms with Crippen molar-refractivity contribution < 1.29 is 14.6 Å². The molecular formula is C16H22N2O3. The van der Waals surface area contributed by atoms with Crippen LogP contribution in [0.25, 0.3) is 0 Å². The Morgan fingerprint density at radius 3 is 2.81 bits per heavy atom. The molecule has 2 aliphatic rings. The molecule has 2 heterocycles. The van der Waals surface area contributed by atoms with Gasteiger partial charge in [0.2, 0.25) is 5.91 Å². The molecule has 5 nitrogen and oxygen atoms in total. The second-order valence-electron chi connectivity index (χ2n) is 5.96. The lowest BCUT2D eigenvalue weighted by Crippen LogP contribution is -2.53. The van der Waals surface area contributed by atoms with E-state index >= 15 is 0 Å².